The number of amides is 1. The summed E-state index contributed by atoms with van der Waals surface area (Å²) in [6.07, 6.45) is 0. The fourth-order valence-electron chi connectivity index (χ4n) is 3.21. The van der Waals surface area contributed by atoms with E-state index >= 15 is 0 Å². The molecular formula is C19H21Cl3N3O+. The Morgan fingerprint density at radius 1 is 1.00 bits per heavy atom. The van der Waals surface area contributed by atoms with E-state index in [0.29, 0.717) is 15.7 Å². The highest BCUT2D eigenvalue weighted by atomic mass is 35.5. The van der Waals surface area contributed by atoms with Gasteiger partial charge in [-0.05, 0) is 31.2 Å². The lowest BCUT2D eigenvalue weighted by atomic mass is 10.2. The minimum absolute atomic E-state index is 0.0822. The van der Waals surface area contributed by atoms with E-state index < -0.39 is 0 Å². The number of hydrogen-bond donors (Lipinski definition) is 2. The Morgan fingerprint density at radius 3 is 2.19 bits per heavy atom. The average molecular weight is 414 g/mol. The van der Waals surface area contributed by atoms with Gasteiger partial charge in [0.15, 0.2) is 6.04 Å². The summed E-state index contributed by atoms with van der Waals surface area (Å²) in [5.41, 5.74) is 1.52. The molecule has 1 fully saturated rings. The summed E-state index contributed by atoms with van der Waals surface area (Å²) in [5.74, 6) is -0.0822. The van der Waals surface area contributed by atoms with Crippen LogP contribution >= 0.6 is 34.8 Å². The van der Waals surface area contributed by atoms with Gasteiger partial charge in [0.2, 0.25) is 0 Å². The Kier molecular flexibility index (Phi) is 6.30. The van der Waals surface area contributed by atoms with E-state index in [1.54, 1.807) is 18.2 Å². The highest BCUT2D eigenvalue weighted by Crippen LogP contribution is 2.29. The van der Waals surface area contributed by atoms with E-state index in [9.17, 15) is 4.79 Å². The third-order valence-electron chi connectivity index (χ3n) is 4.82. The van der Waals surface area contributed by atoms with Crippen molar-refractivity contribution < 1.29 is 9.69 Å². The SMILES string of the molecule is C[C@@H](C(=O)Nc1c(Cl)cccc1Cl)[NH+]1CCN(c2ccccc2Cl)CC1. The van der Waals surface area contributed by atoms with Crippen molar-refractivity contribution >= 4 is 52.1 Å². The molecule has 0 saturated carbocycles. The Balaban J connectivity index is 1.60. The highest BCUT2D eigenvalue weighted by molar-refractivity contribution is 6.39. The van der Waals surface area contributed by atoms with E-state index in [0.717, 1.165) is 36.9 Å². The van der Waals surface area contributed by atoms with Crippen molar-refractivity contribution in [1.82, 2.24) is 0 Å². The number of para-hydroxylation sites is 2. The maximum atomic E-state index is 12.6. The molecule has 2 N–H and O–H groups in total. The molecule has 1 aliphatic rings. The number of nitrogens with one attached hydrogen (secondary N) is 2. The maximum Gasteiger partial charge on any atom is 0.282 e. The van der Waals surface area contributed by atoms with Crippen LogP contribution in [0.5, 0.6) is 0 Å². The molecule has 1 heterocycles. The highest BCUT2D eigenvalue weighted by Gasteiger charge is 2.30. The van der Waals surface area contributed by atoms with E-state index in [-0.39, 0.29) is 11.9 Å². The van der Waals surface area contributed by atoms with Gasteiger partial charge in [-0.3, -0.25) is 4.79 Å². The molecule has 138 valence electrons. The zero-order chi connectivity index (χ0) is 18.7. The van der Waals surface area contributed by atoms with Crippen LogP contribution in [-0.4, -0.2) is 38.1 Å². The van der Waals surface area contributed by atoms with Crippen molar-refractivity contribution in [2.24, 2.45) is 0 Å². The van der Waals surface area contributed by atoms with Crippen LogP contribution in [0.15, 0.2) is 42.5 Å². The van der Waals surface area contributed by atoms with Crippen LogP contribution in [0.25, 0.3) is 0 Å². The lowest BCUT2D eigenvalue weighted by Gasteiger charge is -2.36. The number of anilines is 2. The number of rotatable bonds is 4. The minimum atomic E-state index is -0.198. The lowest BCUT2D eigenvalue weighted by molar-refractivity contribution is -0.914. The molecule has 0 unspecified atom stereocenters. The van der Waals surface area contributed by atoms with Crippen LogP contribution < -0.4 is 15.1 Å². The summed E-state index contributed by atoms with van der Waals surface area (Å²) in [5, 5.41) is 4.51. The van der Waals surface area contributed by atoms with Crippen LogP contribution in [-0.2, 0) is 4.79 Å². The van der Waals surface area contributed by atoms with E-state index in [1.165, 1.54) is 4.90 Å². The Labute approximate surface area is 168 Å². The van der Waals surface area contributed by atoms with Crippen molar-refractivity contribution in [1.29, 1.82) is 0 Å². The smallest absolute Gasteiger partial charge is 0.282 e. The first-order valence-corrected chi connectivity index (χ1v) is 9.69. The van der Waals surface area contributed by atoms with Crippen LogP contribution in [0.4, 0.5) is 11.4 Å². The molecule has 2 aromatic rings. The molecule has 4 nitrogen and oxygen atoms in total. The van der Waals surface area contributed by atoms with Gasteiger partial charge in [0, 0.05) is 0 Å². The quantitative estimate of drug-likeness (QED) is 0.806. The predicted octanol–water partition coefficient (Wildman–Crippen LogP) is 3.38. The largest absolute Gasteiger partial charge is 0.359 e. The zero-order valence-electron chi connectivity index (χ0n) is 14.4. The Morgan fingerprint density at radius 2 is 1.58 bits per heavy atom. The normalized spacial score (nSPS) is 16.4. The summed E-state index contributed by atoms with van der Waals surface area (Å²) >= 11 is 18.6. The molecule has 0 aromatic heterocycles. The number of nitrogens with zero attached hydrogens (tertiary/aromatic N) is 1. The van der Waals surface area contributed by atoms with Gasteiger partial charge < -0.3 is 15.1 Å². The van der Waals surface area contributed by atoms with Crippen LogP contribution in [0.2, 0.25) is 15.1 Å². The van der Waals surface area contributed by atoms with Crippen molar-refractivity contribution in [2.75, 3.05) is 36.4 Å². The third-order valence-corrected chi connectivity index (χ3v) is 5.76. The first kappa shape index (κ1) is 19.3. The molecule has 1 atom stereocenters. The fraction of sp³-hybridized carbons (Fsp3) is 0.316. The maximum absolute atomic E-state index is 12.6. The lowest BCUT2D eigenvalue weighted by Crippen LogP contribution is -3.19. The molecule has 0 aliphatic carbocycles. The van der Waals surface area contributed by atoms with Gasteiger partial charge >= 0.3 is 0 Å². The monoisotopic (exact) mass is 412 g/mol. The molecule has 0 spiro atoms. The number of carbonyl (C=O) groups is 1. The van der Waals surface area contributed by atoms with Gasteiger partial charge in [-0.25, -0.2) is 0 Å². The molecule has 1 saturated heterocycles. The van der Waals surface area contributed by atoms with Crippen LogP contribution in [0.1, 0.15) is 6.92 Å². The first-order chi connectivity index (χ1) is 12.5. The predicted molar refractivity (Wildman–Crippen MR) is 109 cm³/mol. The molecule has 3 rings (SSSR count). The number of hydrogen-bond acceptors (Lipinski definition) is 2. The molecule has 1 amide bonds. The van der Waals surface area contributed by atoms with E-state index in [2.05, 4.69) is 10.2 Å². The minimum Gasteiger partial charge on any atom is -0.359 e. The molecule has 2 aromatic carbocycles. The van der Waals surface area contributed by atoms with Gasteiger partial charge in [0.05, 0.1) is 52.6 Å². The number of quaternary nitrogens is 1. The van der Waals surface area contributed by atoms with Gasteiger partial charge in [0.25, 0.3) is 5.91 Å². The molecule has 0 radical (unpaired) electrons. The van der Waals surface area contributed by atoms with Crippen molar-refractivity contribution in [3.8, 4) is 0 Å². The third kappa shape index (κ3) is 4.26. The summed E-state index contributed by atoms with van der Waals surface area (Å²) in [6, 6.07) is 12.8. The summed E-state index contributed by atoms with van der Waals surface area (Å²) in [4.78, 5) is 16.1. The average Bonchev–Trinajstić information content (AvgIpc) is 2.65. The summed E-state index contributed by atoms with van der Waals surface area (Å²) in [6.45, 7) is 5.35. The van der Waals surface area contributed by atoms with Gasteiger partial charge in [0.1, 0.15) is 0 Å². The number of benzene rings is 2. The topological polar surface area (TPSA) is 36.8 Å². The second-order valence-corrected chi connectivity index (χ2v) is 7.63. The summed E-state index contributed by atoms with van der Waals surface area (Å²) < 4.78 is 0. The second kappa shape index (κ2) is 8.49. The Bertz CT molecular complexity index is 771. The molecule has 0 bridgehead atoms. The number of carbonyl (C=O) groups excluding carboxylic acids is 1. The Hall–Kier alpha value is -1.46. The summed E-state index contributed by atoms with van der Waals surface area (Å²) in [7, 11) is 0. The first-order valence-electron chi connectivity index (χ1n) is 8.56. The van der Waals surface area contributed by atoms with E-state index in [1.807, 2.05) is 31.2 Å². The van der Waals surface area contributed by atoms with Gasteiger partial charge in [-0.2, -0.15) is 0 Å². The number of halogens is 3. The van der Waals surface area contributed by atoms with Crippen molar-refractivity contribution in [3.05, 3.63) is 57.5 Å². The molecule has 26 heavy (non-hydrogen) atoms. The van der Waals surface area contributed by atoms with Crippen molar-refractivity contribution in [3.63, 3.8) is 0 Å². The standard InChI is InChI=1S/C19H20Cl3N3O/c1-13(19(26)23-18-15(21)6-4-7-16(18)22)24-9-11-25(12-10-24)17-8-3-2-5-14(17)20/h2-8,13H,9-12H2,1H3,(H,23,26)/p+1/t13-/m0/s1. The van der Waals surface area contributed by atoms with E-state index in [4.69, 9.17) is 34.8 Å². The number of piperazine rings is 1. The zero-order valence-corrected chi connectivity index (χ0v) is 16.7. The molecule has 7 heteroatoms. The van der Waals surface area contributed by atoms with Crippen molar-refractivity contribution in [2.45, 2.75) is 13.0 Å². The van der Waals surface area contributed by atoms with Crippen LogP contribution in [0.3, 0.4) is 0 Å². The second-order valence-electron chi connectivity index (χ2n) is 6.40. The van der Waals surface area contributed by atoms with Gasteiger partial charge in [-0.15, -0.1) is 0 Å². The fourth-order valence-corrected chi connectivity index (χ4v) is 3.96. The molecular weight excluding hydrogens is 393 g/mol. The molecule has 1 aliphatic heterocycles. The van der Waals surface area contributed by atoms with Crippen LogP contribution in [0, 0.1) is 0 Å². The van der Waals surface area contributed by atoms with Gasteiger partial charge in [-0.1, -0.05) is 53.0 Å².